The number of hydrogen-bond acceptors (Lipinski definition) is 1. The summed E-state index contributed by atoms with van der Waals surface area (Å²) in [7, 11) is 0. The number of hydrogen-bond donors (Lipinski definition) is 1. The smallest absolute Gasteiger partial charge is 0.303 e. The van der Waals surface area contributed by atoms with E-state index in [0.717, 1.165) is 32.1 Å². The summed E-state index contributed by atoms with van der Waals surface area (Å²) in [6, 6.07) is 6.69. The van der Waals surface area contributed by atoms with Gasteiger partial charge in [-0.15, -0.1) is 0 Å². The van der Waals surface area contributed by atoms with Crippen LogP contribution in [0.15, 0.2) is 18.2 Å². The van der Waals surface area contributed by atoms with Crippen molar-refractivity contribution in [3.8, 4) is 0 Å². The van der Waals surface area contributed by atoms with Crippen molar-refractivity contribution in [2.45, 2.75) is 52.4 Å². The summed E-state index contributed by atoms with van der Waals surface area (Å²) in [6.07, 6.45) is 5.14. The van der Waals surface area contributed by atoms with Gasteiger partial charge < -0.3 is 5.11 Å². The number of carboxylic acid groups (broad SMARTS) is 1. The first kappa shape index (κ1) is 13.8. The van der Waals surface area contributed by atoms with Gasteiger partial charge in [0.1, 0.15) is 0 Å². The molecule has 17 heavy (non-hydrogen) atoms. The summed E-state index contributed by atoms with van der Waals surface area (Å²) in [5.74, 6) is -0.692. The van der Waals surface area contributed by atoms with E-state index in [1.807, 2.05) is 0 Å². The lowest BCUT2D eigenvalue weighted by atomic mass is 9.96. The normalized spacial score (nSPS) is 10.5. The van der Waals surface area contributed by atoms with E-state index in [-0.39, 0.29) is 6.42 Å². The summed E-state index contributed by atoms with van der Waals surface area (Å²) >= 11 is 0. The van der Waals surface area contributed by atoms with E-state index in [1.165, 1.54) is 16.7 Å². The van der Waals surface area contributed by atoms with Crippen molar-refractivity contribution in [3.05, 3.63) is 34.9 Å². The van der Waals surface area contributed by atoms with Gasteiger partial charge in [-0.3, -0.25) is 4.79 Å². The number of carboxylic acids is 1. The molecule has 0 bridgehead atoms. The van der Waals surface area contributed by atoms with Crippen molar-refractivity contribution in [1.29, 1.82) is 0 Å². The van der Waals surface area contributed by atoms with E-state index in [4.69, 9.17) is 5.11 Å². The standard InChI is InChI=1S/C15H22O2/c1-3-12-9-10-13(4-2)14(11-12)7-5-6-8-15(16)17/h9-11H,3-8H2,1-2H3,(H,16,17). The highest BCUT2D eigenvalue weighted by molar-refractivity contribution is 5.66. The number of carbonyl (C=O) groups is 1. The van der Waals surface area contributed by atoms with Gasteiger partial charge in [0.25, 0.3) is 0 Å². The van der Waals surface area contributed by atoms with Crippen LogP contribution in [0.25, 0.3) is 0 Å². The van der Waals surface area contributed by atoms with E-state index >= 15 is 0 Å². The molecular weight excluding hydrogens is 212 g/mol. The second-order valence-corrected chi connectivity index (χ2v) is 4.41. The van der Waals surface area contributed by atoms with Crippen molar-refractivity contribution >= 4 is 5.97 Å². The summed E-state index contributed by atoms with van der Waals surface area (Å²) in [4.78, 5) is 10.4. The Morgan fingerprint density at radius 3 is 2.47 bits per heavy atom. The van der Waals surface area contributed by atoms with Gasteiger partial charge in [-0.1, -0.05) is 32.0 Å². The van der Waals surface area contributed by atoms with E-state index in [2.05, 4.69) is 32.0 Å². The summed E-state index contributed by atoms with van der Waals surface area (Å²) in [6.45, 7) is 4.33. The number of aliphatic carboxylic acids is 1. The van der Waals surface area contributed by atoms with Crippen LogP contribution in [0.2, 0.25) is 0 Å². The average molecular weight is 234 g/mol. The highest BCUT2D eigenvalue weighted by Crippen LogP contribution is 2.16. The van der Waals surface area contributed by atoms with E-state index in [1.54, 1.807) is 0 Å². The minimum absolute atomic E-state index is 0.287. The third kappa shape index (κ3) is 4.59. The number of rotatable bonds is 7. The van der Waals surface area contributed by atoms with Gasteiger partial charge in [-0.2, -0.15) is 0 Å². The van der Waals surface area contributed by atoms with Crippen molar-refractivity contribution in [1.82, 2.24) is 0 Å². The Kier molecular flexibility index (Phi) is 5.75. The van der Waals surface area contributed by atoms with Crippen LogP contribution in [0, 0.1) is 0 Å². The Bertz CT molecular complexity index is 369. The molecule has 0 unspecified atom stereocenters. The maximum absolute atomic E-state index is 10.4. The van der Waals surface area contributed by atoms with Gasteiger partial charge in [-0.05, 0) is 48.8 Å². The minimum atomic E-state index is -0.692. The van der Waals surface area contributed by atoms with Gasteiger partial charge >= 0.3 is 5.97 Å². The Balaban J connectivity index is 2.58. The van der Waals surface area contributed by atoms with Gasteiger partial charge in [0, 0.05) is 6.42 Å². The fourth-order valence-corrected chi connectivity index (χ4v) is 2.07. The fourth-order valence-electron chi connectivity index (χ4n) is 2.07. The predicted molar refractivity (Wildman–Crippen MR) is 70.4 cm³/mol. The van der Waals surface area contributed by atoms with Crippen molar-refractivity contribution in [2.75, 3.05) is 0 Å². The molecule has 0 radical (unpaired) electrons. The molecule has 0 saturated heterocycles. The molecule has 1 aromatic rings. The molecule has 0 fully saturated rings. The molecule has 0 aromatic heterocycles. The van der Waals surface area contributed by atoms with Crippen molar-refractivity contribution in [2.24, 2.45) is 0 Å². The van der Waals surface area contributed by atoms with Gasteiger partial charge in [0.2, 0.25) is 0 Å². The van der Waals surface area contributed by atoms with E-state index in [9.17, 15) is 4.79 Å². The summed E-state index contributed by atoms with van der Waals surface area (Å²) in [5, 5.41) is 8.59. The highest BCUT2D eigenvalue weighted by Gasteiger charge is 2.03. The third-order valence-corrected chi connectivity index (χ3v) is 3.15. The molecule has 0 aliphatic rings. The van der Waals surface area contributed by atoms with Crippen LogP contribution in [0.4, 0.5) is 0 Å². The lowest BCUT2D eigenvalue weighted by Crippen LogP contribution is -1.98. The van der Waals surface area contributed by atoms with E-state index in [0.29, 0.717) is 0 Å². The van der Waals surface area contributed by atoms with Crippen molar-refractivity contribution in [3.63, 3.8) is 0 Å². The third-order valence-electron chi connectivity index (χ3n) is 3.15. The second kappa shape index (κ2) is 7.10. The lowest BCUT2D eigenvalue weighted by molar-refractivity contribution is -0.137. The summed E-state index contributed by atoms with van der Waals surface area (Å²) in [5.41, 5.74) is 4.17. The molecule has 0 spiro atoms. The zero-order valence-electron chi connectivity index (χ0n) is 10.8. The van der Waals surface area contributed by atoms with Crippen molar-refractivity contribution < 1.29 is 9.90 Å². The molecule has 94 valence electrons. The van der Waals surface area contributed by atoms with Crippen LogP contribution in [-0.2, 0) is 24.1 Å². The predicted octanol–water partition coefficient (Wildman–Crippen LogP) is 3.61. The Morgan fingerprint density at radius 1 is 1.12 bits per heavy atom. The zero-order valence-corrected chi connectivity index (χ0v) is 10.8. The molecule has 0 aliphatic carbocycles. The van der Waals surface area contributed by atoms with Crippen LogP contribution in [0.5, 0.6) is 0 Å². The fraction of sp³-hybridized carbons (Fsp3) is 0.533. The molecule has 0 amide bonds. The number of aryl methyl sites for hydroxylation is 3. The van der Waals surface area contributed by atoms with Crippen LogP contribution >= 0.6 is 0 Å². The highest BCUT2D eigenvalue weighted by atomic mass is 16.4. The van der Waals surface area contributed by atoms with Gasteiger partial charge in [0.05, 0.1) is 0 Å². The summed E-state index contributed by atoms with van der Waals surface area (Å²) < 4.78 is 0. The number of benzene rings is 1. The molecule has 0 aliphatic heterocycles. The first-order chi connectivity index (χ1) is 8.17. The Morgan fingerprint density at radius 2 is 1.88 bits per heavy atom. The maximum atomic E-state index is 10.4. The second-order valence-electron chi connectivity index (χ2n) is 4.41. The SMILES string of the molecule is CCc1ccc(CC)c(CCCCC(=O)O)c1. The Hall–Kier alpha value is -1.31. The molecule has 1 aromatic carbocycles. The topological polar surface area (TPSA) is 37.3 Å². The Labute approximate surface area is 104 Å². The molecule has 0 heterocycles. The molecule has 2 heteroatoms. The maximum Gasteiger partial charge on any atom is 0.303 e. The molecule has 1 N–H and O–H groups in total. The monoisotopic (exact) mass is 234 g/mol. The number of unbranched alkanes of at least 4 members (excludes halogenated alkanes) is 1. The molecule has 0 saturated carbocycles. The quantitative estimate of drug-likeness (QED) is 0.732. The van der Waals surface area contributed by atoms with Gasteiger partial charge in [-0.25, -0.2) is 0 Å². The van der Waals surface area contributed by atoms with Crippen LogP contribution < -0.4 is 0 Å². The molecule has 0 atom stereocenters. The van der Waals surface area contributed by atoms with Gasteiger partial charge in [0.15, 0.2) is 0 Å². The first-order valence-corrected chi connectivity index (χ1v) is 6.49. The lowest BCUT2D eigenvalue weighted by Gasteiger charge is -2.09. The van der Waals surface area contributed by atoms with E-state index < -0.39 is 5.97 Å². The minimum Gasteiger partial charge on any atom is -0.481 e. The molecule has 1 rings (SSSR count). The largest absolute Gasteiger partial charge is 0.481 e. The molecular formula is C15H22O2. The zero-order chi connectivity index (χ0) is 12.7. The van der Waals surface area contributed by atoms with Crippen LogP contribution in [-0.4, -0.2) is 11.1 Å². The average Bonchev–Trinajstić information content (AvgIpc) is 2.34. The van der Waals surface area contributed by atoms with Crippen LogP contribution in [0.1, 0.15) is 49.8 Å². The molecule has 2 nitrogen and oxygen atoms in total. The van der Waals surface area contributed by atoms with Crippen LogP contribution in [0.3, 0.4) is 0 Å². The first-order valence-electron chi connectivity index (χ1n) is 6.49.